The molecule has 21 heavy (non-hydrogen) atoms. The maximum atomic E-state index is 12.7. The molecule has 6 heteroatoms. The van der Waals surface area contributed by atoms with Crippen LogP contribution in [0.25, 0.3) is 0 Å². The Morgan fingerprint density at radius 2 is 1.33 bits per heavy atom. The molecule has 0 radical (unpaired) electrons. The standard InChI is InChI=1S/C15H24FNO4/c1-18-8-9-20-12-13-21-11-10-19-7-6-17-15-4-2-14(16)3-5-15/h2-5,17H,6-13H2,1H3. The molecule has 1 aromatic carbocycles. The van der Waals surface area contributed by atoms with Gasteiger partial charge >= 0.3 is 0 Å². The van der Waals surface area contributed by atoms with Crippen LogP contribution in [0, 0.1) is 5.82 Å². The summed E-state index contributed by atoms with van der Waals surface area (Å²) in [6.45, 7) is 4.65. The highest BCUT2D eigenvalue weighted by Crippen LogP contribution is 2.07. The summed E-state index contributed by atoms with van der Waals surface area (Å²) in [5.41, 5.74) is 0.879. The molecule has 0 saturated heterocycles. The Balaban J connectivity index is 1.81. The largest absolute Gasteiger partial charge is 0.383 e. The second kappa shape index (κ2) is 12.5. The minimum atomic E-state index is -0.236. The van der Waals surface area contributed by atoms with Crippen molar-refractivity contribution in [3.63, 3.8) is 0 Å². The van der Waals surface area contributed by atoms with Gasteiger partial charge in [-0.15, -0.1) is 0 Å². The van der Waals surface area contributed by atoms with Gasteiger partial charge in [0.05, 0.1) is 46.2 Å². The van der Waals surface area contributed by atoms with Crippen molar-refractivity contribution < 1.29 is 23.3 Å². The van der Waals surface area contributed by atoms with Gasteiger partial charge < -0.3 is 24.3 Å². The number of anilines is 1. The first-order valence-corrected chi connectivity index (χ1v) is 7.04. The highest BCUT2D eigenvalue weighted by Gasteiger charge is 1.94. The molecule has 0 heterocycles. The molecule has 0 aromatic heterocycles. The van der Waals surface area contributed by atoms with Gasteiger partial charge in [-0.25, -0.2) is 4.39 Å². The van der Waals surface area contributed by atoms with Crippen molar-refractivity contribution in [3.05, 3.63) is 30.1 Å². The predicted molar refractivity (Wildman–Crippen MR) is 79.2 cm³/mol. The van der Waals surface area contributed by atoms with E-state index >= 15 is 0 Å². The molecule has 0 fully saturated rings. The Morgan fingerprint density at radius 1 is 0.810 bits per heavy atom. The Bertz CT molecular complexity index is 348. The summed E-state index contributed by atoms with van der Waals surface area (Å²) >= 11 is 0. The Kier molecular flexibility index (Phi) is 10.6. The average Bonchev–Trinajstić information content (AvgIpc) is 2.50. The molecule has 0 bridgehead atoms. The lowest BCUT2D eigenvalue weighted by Crippen LogP contribution is -2.14. The van der Waals surface area contributed by atoms with Gasteiger partial charge in [0.1, 0.15) is 5.82 Å². The minimum Gasteiger partial charge on any atom is -0.383 e. The molecule has 120 valence electrons. The van der Waals surface area contributed by atoms with E-state index in [1.54, 1.807) is 19.2 Å². The summed E-state index contributed by atoms with van der Waals surface area (Å²) in [6, 6.07) is 6.24. The van der Waals surface area contributed by atoms with E-state index in [9.17, 15) is 4.39 Å². The number of hydrogen-bond acceptors (Lipinski definition) is 5. The lowest BCUT2D eigenvalue weighted by Gasteiger charge is -2.08. The van der Waals surface area contributed by atoms with Gasteiger partial charge in [0.15, 0.2) is 0 Å². The van der Waals surface area contributed by atoms with E-state index < -0.39 is 0 Å². The molecular formula is C15H24FNO4. The van der Waals surface area contributed by atoms with Gasteiger partial charge in [-0.1, -0.05) is 0 Å². The third kappa shape index (κ3) is 10.2. The first-order valence-electron chi connectivity index (χ1n) is 7.04. The van der Waals surface area contributed by atoms with Crippen LogP contribution in [-0.4, -0.2) is 59.9 Å². The van der Waals surface area contributed by atoms with E-state index in [0.29, 0.717) is 52.8 Å². The summed E-state index contributed by atoms with van der Waals surface area (Å²) in [5, 5.41) is 3.14. The van der Waals surface area contributed by atoms with Gasteiger partial charge in [0, 0.05) is 19.3 Å². The summed E-state index contributed by atoms with van der Waals surface area (Å²) in [6.07, 6.45) is 0. The van der Waals surface area contributed by atoms with Gasteiger partial charge in [-0.05, 0) is 24.3 Å². The number of benzene rings is 1. The fourth-order valence-electron chi connectivity index (χ4n) is 1.52. The van der Waals surface area contributed by atoms with E-state index in [4.69, 9.17) is 18.9 Å². The minimum absolute atomic E-state index is 0.236. The zero-order valence-electron chi connectivity index (χ0n) is 12.5. The zero-order valence-corrected chi connectivity index (χ0v) is 12.5. The molecular weight excluding hydrogens is 277 g/mol. The molecule has 0 saturated carbocycles. The first-order chi connectivity index (χ1) is 10.3. The summed E-state index contributed by atoms with van der Waals surface area (Å²) in [7, 11) is 1.64. The number of methoxy groups -OCH3 is 1. The van der Waals surface area contributed by atoms with Crippen LogP contribution in [0.2, 0.25) is 0 Å². The zero-order chi connectivity index (χ0) is 15.2. The number of nitrogens with one attached hydrogen (secondary N) is 1. The Hall–Kier alpha value is -1.21. The van der Waals surface area contributed by atoms with E-state index in [1.807, 2.05) is 0 Å². The van der Waals surface area contributed by atoms with Crippen molar-refractivity contribution in [2.75, 3.05) is 65.2 Å². The highest BCUT2D eigenvalue weighted by atomic mass is 19.1. The number of hydrogen-bond donors (Lipinski definition) is 1. The summed E-state index contributed by atoms with van der Waals surface area (Å²) in [5.74, 6) is -0.236. The highest BCUT2D eigenvalue weighted by molar-refractivity contribution is 5.42. The molecule has 0 amide bonds. The Labute approximate surface area is 125 Å². The molecule has 0 atom stereocenters. The second-order valence-corrected chi connectivity index (χ2v) is 4.26. The topological polar surface area (TPSA) is 49.0 Å². The van der Waals surface area contributed by atoms with Crippen molar-refractivity contribution in [2.24, 2.45) is 0 Å². The van der Waals surface area contributed by atoms with Crippen LogP contribution < -0.4 is 5.32 Å². The summed E-state index contributed by atoms with van der Waals surface area (Å²) in [4.78, 5) is 0. The fourth-order valence-corrected chi connectivity index (χ4v) is 1.52. The number of halogens is 1. The number of rotatable bonds is 13. The van der Waals surface area contributed by atoms with E-state index in [1.165, 1.54) is 12.1 Å². The van der Waals surface area contributed by atoms with Gasteiger partial charge in [0.25, 0.3) is 0 Å². The maximum absolute atomic E-state index is 12.7. The van der Waals surface area contributed by atoms with Gasteiger partial charge in [-0.2, -0.15) is 0 Å². The molecule has 0 aliphatic rings. The quantitative estimate of drug-likeness (QED) is 0.564. The Morgan fingerprint density at radius 3 is 1.90 bits per heavy atom. The van der Waals surface area contributed by atoms with Crippen molar-refractivity contribution >= 4 is 5.69 Å². The van der Waals surface area contributed by atoms with E-state index in [-0.39, 0.29) is 5.82 Å². The smallest absolute Gasteiger partial charge is 0.123 e. The number of ether oxygens (including phenoxy) is 4. The molecule has 0 aliphatic carbocycles. The van der Waals surface area contributed by atoms with Crippen molar-refractivity contribution in [1.82, 2.24) is 0 Å². The van der Waals surface area contributed by atoms with Crippen molar-refractivity contribution in [1.29, 1.82) is 0 Å². The van der Waals surface area contributed by atoms with Crippen LogP contribution in [-0.2, 0) is 18.9 Å². The fraction of sp³-hybridized carbons (Fsp3) is 0.600. The molecule has 0 spiro atoms. The van der Waals surface area contributed by atoms with Crippen LogP contribution in [0.3, 0.4) is 0 Å². The first kappa shape index (κ1) is 17.8. The lowest BCUT2D eigenvalue weighted by atomic mass is 10.3. The van der Waals surface area contributed by atoms with E-state index in [2.05, 4.69) is 5.32 Å². The molecule has 0 unspecified atom stereocenters. The van der Waals surface area contributed by atoms with Crippen LogP contribution in [0.5, 0.6) is 0 Å². The lowest BCUT2D eigenvalue weighted by molar-refractivity contribution is 0.00495. The van der Waals surface area contributed by atoms with Crippen molar-refractivity contribution in [3.8, 4) is 0 Å². The van der Waals surface area contributed by atoms with Crippen LogP contribution in [0.1, 0.15) is 0 Å². The monoisotopic (exact) mass is 301 g/mol. The normalized spacial score (nSPS) is 10.8. The van der Waals surface area contributed by atoms with Gasteiger partial charge in [0.2, 0.25) is 0 Å². The SMILES string of the molecule is COCCOCCOCCOCCNc1ccc(F)cc1. The average molecular weight is 301 g/mol. The molecule has 1 rings (SSSR count). The van der Waals surface area contributed by atoms with Crippen molar-refractivity contribution in [2.45, 2.75) is 0 Å². The van der Waals surface area contributed by atoms with Gasteiger partial charge in [-0.3, -0.25) is 0 Å². The van der Waals surface area contributed by atoms with Crippen LogP contribution in [0.4, 0.5) is 10.1 Å². The maximum Gasteiger partial charge on any atom is 0.123 e. The molecule has 5 nitrogen and oxygen atoms in total. The van der Waals surface area contributed by atoms with Crippen LogP contribution in [0.15, 0.2) is 24.3 Å². The third-order valence-electron chi connectivity index (χ3n) is 2.60. The summed E-state index contributed by atoms with van der Waals surface area (Å²) < 4.78 is 33.5. The molecule has 1 aromatic rings. The second-order valence-electron chi connectivity index (χ2n) is 4.26. The van der Waals surface area contributed by atoms with Crippen LogP contribution >= 0.6 is 0 Å². The third-order valence-corrected chi connectivity index (χ3v) is 2.60. The van der Waals surface area contributed by atoms with E-state index in [0.717, 1.165) is 5.69 Å². The molecule has 0 aliphatic heterocycles. The predicted octanol–water partition coefficient (Wildman–Crippen LogP) is 1.93. The molecule has 1 N–H and O–H groups in total.